The van der Waals surface area contributed by atoms with Gasteiger partial charge in [0.25, 0.3) is 0 Å². The summed E-state index contributed by atoms with van der Waals surface area (Å²) in [5.41, 5.74) is 1.43. The highest BCUT2D eigenvalue weighted by Crippen LogP contribution is 2.21. The fraction of sp³-hybridized carbons (Fsp3) is 0.278. The number of nitrogens with one attached hydrogen (secondary N) is 1. The lowest BCUT2D eigenvalue weighted by atomic mass is 10.2. The van der Waals surface area contributed by atoms with Gasteiger partial charge in [0.05, 0.1) is 18.1 Å². The van der Waals surface area contributed by atoms with Crippen molar-refractivity contribution in [3.8, 4) is 5.75 Å². The predicted molar refractivity (Wildman–Crippen MR) is 94.1 cm³/mol. The molecule has 0 spiro atoms. The zero-order chi connectivity index (χ0) is 17.6. The topological polar surface area (TPSA) is 98.6 Å². The van der Waals surface area contributed by atoms with E-state index in [2.05, 4.69) is 20.2 Å². The van der Waals surface area contributed by atoms with Crippen LogP contribution in [0.5, 0.6) is 5.75 Å². The lowest BCUT2D eigenvalue weighted by Gasteiger charge is -2.17. The van der Waals surface area contributed by atoms with Crippen LogP contribution in [0.15, 0.2) is 42.7 Å². The summed E-state index contributed by atoms with van der Waals surface area (Å²) in [5, 5.41) is 21.8. The molecule has 3 rings (SSSR count). The molecular formula is C18H20N4O3. The Morgan fingerprint density at radius 3 is 2.88 bits per heavy atom. The number of aliphatic carboxylic acids is 1. The van der Waals surface area contributed by atoms with Gasteiger partial charge in [0.1, 0.15) is 11.6 Å². The number of aromatic hydroxyl groups is 1. The van der Waals surface area contributed by atoms with Gasteiger partial charge >= 0.3 is 5.97 Å². The maximum atomic E-state index is 10.5. The van der Waals surface area contributed by atoms with Crippen molar-refractivity contribution < 1.29 is 15.0 Å². The third kappa shape index (κ3) is 4.77. The summed E-state index contributed by atoms with van der Waals surface area (Å²) in [6.07, 6.45) is 6.56. The van der Waals surface area contributed by atoms with Gasteiger partial charge in [0, 0.05) is 37.3 Å². The van der Waals surface area contributed by atoms with Crippen molar-refractivity contribution in [2.45, 2.75) is 19.0 Å². The molecule has 0 amide bonds. The second kappa shape index (κ2) is 7.76. The van der Waals surface area contributed by atoms with Crippen LogP contribution in [-0.2, 0) is 11.3 Å². The zero-order valence-corrected chi connectivity index (χ0v) is 13.7. The number of carbonyl (C=O) groups is 1. The first-order valence-corrected chi connectivity index (χ1v) is 8.09. The Labute approximate surface area is 145 Å². The summed E-state index contributed by atoms with van der Waals surface area (Å²) in [6.45, 7) is 2.52. The fourth-order valence-corrected chi connectivity index (χ4v) is 2.84. The van der Waals surface area contributed by atoms with Crippen LogP contribution in [-0.4, -0.2) is 50.2 Å². The molecule has 2 aromatic rings. The standard InChI is InChI=1S/C18H20N4O3/c23-16-4-2-1-3-13(16)11-22-8-7-15(12-22)21-17-10-19-14(9-20-17)5-6-18(24)25/h1-6,9-10,15,23H,7-8,11-12H2,(H,20,21)(H,24,25)/t15-/m1/s1. The van der Waals surface area contributed by atoms with E-state index < -0.39 is 5.97 Å². The van der Waals surface area contributed by atoms with E-state index in [1.165, 1.54) is 12.3 Å². The molecule has 25 heavy (non-hydrogen) atoms. The van der Waals surface area contributed by atoms with Crippen LogP contribution in [0.3, 0.4) is 0 Å². The number of phenols is 1. The van der Waals surface area contributed by atoms with Crippen LogP contribution in [0.4, 0.5) is 5.82 Å². The number of rotatable bonds is 6. The summed E-state index contributed by atoms with van der Waals surface area (Å²) < 4.78 is 0. The maximum absolute atomic E-state index is 10.5. The molecule has 1 aliphatic rings. The van der Waals surface area contributed by atoms with Crippen LogP contribution in [0.2, 0.25) is 0 Å². The number of likely N-dealkylation sites (tertiary alicyclic amines) is 1. The Balaban J connectivity index is 1.53. The molecule has 1 fully saturated rings. The summed E-state index contributed by atoms with van der Waals surface area (Å²) in [7, 11) is 0. The van der Waals surface area contributed by atoms with Crippen LogP contribution < -0.4 is 5.32 Å². The number of phenolic OH excluding ortho intramolecular Hbond substituents is 1. The van der Waals surface area contributed by atoms with E-state index in [0.29, 0.717) is 17.3 Å². The predicted octanol–water partition coefficient (Wildman–Crippen LogP) is 1.97. The Hall–Kier alpha value is -2.93. The Bertz CT molecular complexity index is 761. The first-order valence-electron chi connectivity index (χ1n) is 8.09. The Morgan fingerprint density at radius 1 is 1.32 bits per heavy atom. The normalized spacial score (nSPS) is 17.8. The summed E-state index contributed by atoms with van der Waals surface area (Å²) in [5.74, 6) is -0.0174. The smallest absolute Gasteiger partial charge is 0.328 e. The molecule has 1 aromatic carbocycles. The molecule has 130 valence electrons. The molecular weight excluding hydrogens is 320 g/mol. The van der Waals surface area contributed by atoms with Crippen LogP contribution in [0, 0.1) is 0 Å². The molecule has 2 heterocycles. The third-order valence-electron chi connectivity index (χ3n) is 4.08. The van der Waals surface area contributed by atoms with Gasteiger partial charge in [-0.2, -0.15) is 0 Å². The number of benzene rings is 1. The van der Waals surface area contributed by atoms with E-state index in [1.54, 1.807) is 12.3 Å². The molecule has 3 N–H and O–H groups in total. The number of hydrogen-bond donors (Lipinski definition) is 3. The minimum Gasteiger partial charge on any atom is -0.508 e. The second-order valence-corrected chi connectivity index (χ2v) is 5.99. The van der Waals surface area contributed by atoms with Gasteiger partial charge < -0.3 is 15.5 Å². The Morgan fingerprint density at radius 2 is 2.16 bits per heavy atom. The highest BCUT2D eigenvalue weighted by molar-refractivity contribution is 5.84. The molecule has 0 aliphatic carbocycles. The van der Waals surface area contributed by atoms with Crippen molar-refractivity contribution in [2.75, 3.05) is 18.4 Å². The van der Waals surface area contributed by atoms with Gasteiger partial charge in [-0.25, -0.2) is 9.78 Å². The van der Waals surface area contributed by atoms with Gasteiger partial charge in [-0.3, -0.25) is 9.88 Å². The summed E-state index contributed by atoms with van der Waals surface area (Å²) in [6, 6.07) is 7.65. The SMILES string of the molecule is O=C(O)C=Cc1cnc(N[C@@H]2CCN(Cc3ccccc3O)C2)cn1. The molecule has 1 atom stereocenters. The summed E-state index contributed by atoms with van der Waals surface area (Å²) >= 11 is 0. The first kappa shape index (κ1) is 16.9. The minimum absolute atomic E-state index is 0.264. The number of carboxylic acid groups (broad SMARTS) is 1. The van der Waals surface area contributed by atoms with Crippen molar-refractivity contribution in [1.82, 2.24) is 14.9 Å². The van der Waals surface area contributed by atoms with E-state index in [4.69, 9.17) is 5.11 Å². The molecule has 1 saturated heterocycles. The highest BCUT2D eigenvalue weighted by Gasteiger charge is 2.23. The maximum Gasteiger partial charge on any atom is 0.328 e. The van der Waals surface area contributed by atoms with E-state index in [0.717, 1.165) is 37.7 Å². The average Bonchev–Trinajstić information content (AvgIpc) is 3.03. The van der Waals surface area contributed by atoms with Crippen molar-refractivity contribution in [1.29, 1.82) is 0 Å². The number of aromatic nitrogens is 2. The van der Waals surface area contributed by atoms with Crippen molar-refractivity contribution >= 4 is 17.9 Å². The van der Waals surface area contributed by atoms with E-state index in [1.807, 2.05) is 18.2 Å². The minimum atomic E-state index is -1.01. The number of hydrogen-bond acceptors (Lipinski definition) is 6. The lowest BCUT2D eigenvalue weighted by molar-refractivity contribution is -0.131. The number of para-hydroxylation sites is 1. The van der Waals surface area contributed by atoms with E-state index >= 15 is 0 Å². The van der Waals surface area contributed by atoms with Crippen molar-refractivity contribution in [2.24, 2.45) is 0 Å². The fourth-order valence-electron chi connectivity index (χ4n) is 2.84. The molecule has 1 aromatic heterocycles. The van der Waals surface area contributed by atoms with Gasteiger partial charge in [-0.1, -0.05) is 18.2 Å². The lowest BCUT2D eigenvalue weighted by Crippen LogP contribution is -2.26. The first-order chi connectivity index (χ1) is 12.1. The summed E-state index contributed by atoms with van der Waals surface area (Å²) in [4.78, 5) is 21.2. The van der Waals surface area contributed by atoms with E-state index in [-0.39, 0.29) is 6.04 Å². The molecule has 0 saturated carbocycles. The molecule has 7 heteroatoms. The Kier molecular flexibility index (Phi) is 5.25. The number of nitrogens with zero attached hydrogens (tertiary/aromatic N) is 3. The third-order valence-corrected chi connectivity index (χ3v) is 4.08. The second-order valence-electron chi connectivity index (χ2n) is 5.99. The average molecular weight is 340 g/mol. The number of carboxylic acids is 1. The van der Waals surface area contributed by atoms with Gasteiger partial charge in [-0.05, 0) is 18.6 Å². The van der Waals surface area contributed by atoms with Gasteiger partial charge in [0.15, 0.2) is 0 Å². The quantitative estimate of drug-likeness (QED) is 0.691. The van der Waals surface area contributed by atoms with Crippen LogP contribution in [0.25, 0.3) is 6.08 Å². The molecule has 0 unspecified atom stereocenters. The monoisotopic (exact) mass is 340 g/mol. The number of anilines is 1. The molecule has 0 radical (unpaired) electrons. The van der Waals surface area contributed by atoms with Crippen molar-refractivity contribution in [3.63, 3.8) is 0 Å². The molecule has 1 aliphatic heterocycles. The van der Waals surface area contributed by atoms with Crippen LogP contribution in [0.1, 0.15) is 17.7 Å². The van der Waals surface area contributed by atoms with Gasteiger partial charge in [-0.15, -0.1) is 0 Å². The largest absolute Gasteiger partial charge is 0.508 e. The van der Waals surface area contributed by atoms with Crippen molar-refractivity contribution in [3.05, 3.63) is 54.0 Å². The highest BCUT2D eigenvalue weighted by atomic mass is 16.4. The van der Waals surface area contributed by atoms with Gasteiger partial charge in [0.2, 0.25) is 0 Å². The molecule has 7 nitrogen and oxygen atoms in total. The molecule has 0 bridgehead atoms. The van der Waals surface area contributed by atoms with E-state index in [9.17, 15) is 9.90 Å². The zero-order valence-electron chi connectivity index (χ0n) is 13.7. The van der Waals surface area contributed by atoms with Crippen LogP contribution >= 0.6 is 0 Å².